The standard InChI is InChI=1S/C25H27ClN4O7S2/c1-25(2,3)20-18(9-10-30(20)24(33)34)37-13-5-7-16(26)15(11-13)21(31)28-22(32)29-23-27-17-8-6-14(39(4,35)36)12-19(17)38-23/h5-8,11-12,18,20H,9-10H2,1-4H3,(H,33,34)(H2,27,28,29,31,32). The average Bonchev–Trinajstić information content (AvgIpc) is 3.42. The number of likely N-dealkylation sites (tertiary alicyclic amines) is 1. The van der Waals surface area contributed by atoms with Crippen LogP contribution in [0.2, 0.25) is 5.02 Å². The van der Waals surface area contributed by atoms with Crippen LogP contribution in [0.5, 0.6) is 5.75 Å². The molecule has 3 N–H and O–H groups in total. The third-order valence-corrected chi connectivity index (χ3v) is 8.55. The first-order valence-corrected chi connectivity index (χ1v) is 14.9. The van der Waals surface area contributed by atoms with E-state index < -0.39 is 45.4 Å². The van der Waals surface area contributed by atoms with Crippen molar-refractivity contribution < 1.29 is 32.6 Å². The minimum absolute atomic E-state index is 0.00759. The Morgan fingerprint density at radius 1 is 1.18 bits per heavy atom. The number of hydrogen-bond acceptors (Lipinski definition) is 8. The number of ether oxygens (including phenoxy) is 1. The lowest BCUT2D eigenvalue weighted by Crippen LogP contribution is -2.48. The molecule has 2 unspecified atom stereocenters. The van der Waals surface area contributed by atoms with Gasteiger partial charge in [0.1, 0.15) is 11.9 Å². The summed E-state index contributed by atoms with van der Waals surface area (Å²) in [7, 11) is -3.40. The van der Waals surface area contributed by atoms with Gasteiger partial charge in [-0.05, 0) is 41.8 Å². The van der Waals surface area contributed by atoms with Crippen molar-refractivity contribution in [2.45, 2.75) is 44.2 Å². The number of aromatic nitrogens is 1. The Morgan fingerprint density at radius 3 is 2.54 bits per heavy atom. The lowest BCUT2D eigenvalue weighted by molar-refractivity contribution is 0.0571. The molecule has 1 aromatic heterocycles. The highest BCUT2D eigenvalue weighted by atomic mass is 35.5. The molecule has 0 radical (unpaired) electrons. The molecule has 11 nitrogen and oxygen atoms in total. The SMILES string of the molecule is CC(C)(C)C1C(Oc2ccc(Cl)c(C(=O)NC(=O)Nc3nc4ccc(S(C)(=O)=O)cc4s3)c2)CCN1C(=O)O. The van der Waals surface area contributed by atoms with Crippen LogP contribution in [0.25, 0.3) is 10.2 Å². The zero-order valence-corrected chi connectivity index (χ0v) is 23.9. The molecular formula is C25H27ClN4O7S2. The number of thiazole rings is 1. The molecule has 4 rings (SSSR count). The van der Waals surface area contributed by atoms with Gasteiger partial charge in [0, 0.05) is 19.2 Å². The first kappa shape index (κ1) is 28.6. The number of urea groups is 1. The number of rotatable bonds is 5. The largest absolute Gasteiger partial charge is 0.488 e. The van der Waals surface area contributed by atoms with Crippen molar-refractivity contribution in [3.05, 3.63) is 47.0 Å². The number of nitrogens with zero attached hydrogens (tertiary/aromatic N) is 2. The van der Waals surface area contributed by atoms with Gasteiger partial charge in [0.15, 0.2) is 15.0 Å². The molecule has 3 aromatic rings. The molecule has 39 heavy (non-hydrogen) atoms. The maximum absolute atomic E-state index is 12.9. The van der Waals surface area contributed by atoms with Crippen LogP contribution in [0.15, 0.2) is 41.3 Å². The highest BCUT2D eigenvalue weighted by molar-refractivity contribution is 7.90. The summed E-state index contributed by atoms with van der Waals surface area (Å²) in [4.78, 5) is 42.8. The van der Waals surface area contributed by atoms with Crippen molar-refractivity contribution in [2.24, 2.45) is 5.41 Å². The number of nitrogens with one attached hydrogen (secondary N) is 2. The van der Waals surface area contributed by atoms with Crippen molar-refractivity contribution in [1.29, 1.82) is 0 Å². The number of amides is 4. The second-order valence-electron chi connectivity index (χ2n) is 10.2. The summed E-state index contributed by atoms with van der Waals surface area (Å²) in [6.07, 6.45) is 0.116. The van der Waals surface area contributed by atoms with Crippen LogP contribution >= 0.6 is 22.9 Å². The van der Waals surface area contributed by atoms with Gasteiger partial charge in [-0.1, -0.05) is 43.7 Å². The van der Waals surface area contributed by atoms with Crippen LogP contribution in [-0.2, 0) is 9.84 Å². The van der Waals surface area contributed by atoms with E-state index >= 15 is 0 Å². The fourth-order valence-electron chi connectivity index (χ4n) is 4.54. The molecule has 0 saturated carbocycles. The summed E-state index contributed by atoms with van der Waals surface area (Å²) < 4.78 is 30.2. The number of fused-ring (bicyclic) bond motifs is 1. The van der Waals surface area contributed by atoms with Crippen molar-refractivity contribution in [1.82, 2.24) is 15.2 Å². The quantitative estimate of drug-likeness (QED) is 0.378. The summed E-state index contributed by atoms with van der Waals surface area (Å²) in [6, 6.07) is 7.61. The highest BCUT2D eigenvalue weighted by Gasteiger charge is 2.45. The molecule has 0 spiro atoms. The van der Waals surface area contributed by atoms with E-state index in [0.29, 0.717) is 28.9 Å². The summed E-state index contributed by atoms with van der Waals surface area (Å²) in [5, 5.41) is 14.5. The Bertz CT molecular complexity index is 1570. The Kier molecular flexibility index (Phi) is 7.79. The number of sulfone groups is 1. The fraction of sp³-hybridized carbons (Fsp3) is 0.360. The average molecular weight is 595 g/mol. The van der Waals surface area contributed by atoms with Gasteiger partial charge in [-0.3, -0.25) is 15.4 Å². The smallest absolute Gasteiger partial charge is 0.407 e. The van der Waals surface area contributed by atoms with Crippen LogP contribution in [-0.4, -0.2) is 66.4 Å². The normalized spacial score (nSPS) is 17.7. The number of halogens is 1. The lowest BCUT2D eigenvalue weighted by atomic mass is 9.84. The highest BCUT2D eigenvalue weighted by Crippen LogP contribution is 2.36. The van der Waals surface area contributed by atoms with E-state index in [1.807, 2.05) is 20.8 Å². The summed E-state index contributed by atoms with van der Waals surface area (Å²) in [5.74, 6) is -0.473. The van der Waals surface area contributed by atoms with Crippen molar-refractivity contribution >= 4 is 66.2 Å². The monoisotopic (exact) mass is 594 g/mol. The molecule has 2 aromatic carbocycles. The second-order valence-corrected chi connectivity index (χ2v) is 13.7. The van der Waals surface area contributed by atoms with Crippen LogP contribution in [0.1, 0.15) is 37.6 Å². The number of hydrogen-bond donors (Lipinski definition) is 3. The van der Waals surface area contributed by atoms with Gasteiger partial charge in [0.2, 0.25) is 0 Å². The van der Waals surface area contributed by atoms with E-state index in [0.717, 1.165) is 17.6 Å². The Balaban J connectivity index is 1.46. The molecule has 1 saturated heterocycles. The number of imide groups is 1. The molecule has 0 bridgehead atoms. The van der Waals surface area contributed by atoms with Gasteiger partial charge in [-0.2, -0.15) is 0 Å². The third kappa shape index (κ3) is 6.43. The van der Waals surface area contributed by atoms with Crippen LogP contribution < -0.4 is 15.4 Å². The summed E-state index contributed by atoms with van der Waals surface area (Å²) in [6.45, 7) is 6.13. The predicted molar refractivity (Wildman–Crippen MR) is 148 cm³/mol. The number of carboxylic acid groups (broad SMARTS) is 1. The first-order chi connectivity index (χ1) is 18.1. The molecule has 1 aliphatic heterocycles. The zero-order chi connectivity index (χ0) is 28.7. The van der Waals surface area contributed by atoms with Crippen LogP contribution in [0.3, 0.4) is 0 Å². The molecule has 1 fully saturated rings. The lowest BCUT2D eigenvalue weighted by Gasteiger charge is -2.36. The Labute approximate surface area is 234 Å². The van der Waals surface area contributed by atoms with E-state index in [4.69, 9.17) is 16.3 Å². The zero-order valence-electron chi connectivity index (χ0n) is 21.5. The first-order valence-electron chi connectivity index (χ1n) is 11.8. The maximum atomic E-state index is 12.9. The Hall–Kier alpha value is -3.42. The van der Waals surface area contributed by atoms with E-state index in [2.05, 4.69) is 15.6 Å². The number of carbonyl (C=O) groups is 3. The van der Waals surface area contributed by atoms with Gasteiger partial charge in [0.05, 0.1) is 31.7 Å². The molecule has 2 atom stereocenters. The molecule has 1 aliphatic rings. The number of anilines is 1. The minimum atomic E-state index is -3.40. The summed E-state index contributed by atoms with van der Waals surface area (Å²) in [5.41, 5.74) is 0.0905. The maximum Gasteiger partial charge on any atom is 0.407 e. The van der Waals surface area contributed by atoms with E-state index in [1.54, 1.807) is 6.07 Å². The number of carbonyl (C=O) groups excluding carboxylic acids is 2. The number of benzene rings is 2. The van der Waals surface area contributed by atoms with Gasteiger partial charge < -0.3 is 14.7 Å². The van der Waals surface area contributed by atoms with Gasteiger partial charge >= 0.3 is 12.1 Å². The third-order valence-electron chi connectivity index (χ3n) is 6.18. The molecule has 208 valence electrons. The van der Waals surface area contributed by atoms with E-state index in [9.17, 15) is 27.9 Å². The minimum Gasteiger partial charge on any atom is -0.488 e. The fourth-order valence-corrected chi connectivity index (χ4v) is 6.37. The predicted octanol–water partition coefficient (Wildman–Crippen LogP) is 4.86. The van der Waals surface area contributed by atoms with Gasteiger partial charge in [-0.25, -0.2) is 23.0 Å². The van der Waals surface area contributed by atoms with Crippen molar-refractivity contribution in [2.75, 3.05) is 18.1 Å². The van der Waals surface area contributed by atoms with E-state index in [1.165, 1.54) is 35.2 Å². The van der Waals surface area contributed by atoms with E-state index in [-0.39, 0.29) is 20.6 Å². The molecule has 2 heterocycles. The van der Waals surface area contributed by atoms with Gasteiger partial charge in [0.25, 0.3) is 5.91 Å². The van der Waals surface area contributed by atoms with Crippen LogP contribution in [0.4, 0.5) is 14.7 Å². The summed E-state index contributed by atoms with van der Waals surface area (Å²) >= 11 is 7.28. The molecule has 4 amide bonds. The topological polar surface area (TPSA) is 155 Å². The van der Waals surface area contributed by atoms with Crippen molar-refractivity contribution in [3.8, 4) is 5.75 Å². The van der Waals surface area contributed by atoms with Crippen LogP contribution in [0, 0.1) is 5.41 Å². The van der Waals surface area contributed by atoms with Gasteiger partial charge in [-0.15, -0.1) is 0 Å². The molecule has 0 aliphatic carbocycles. The molecule has 14 heteroatoms. The Morgan fingerprint density at radius 2 is 1.90 bits per heavy atom. The molecular weight excluding hydrogens is 568 g/mol. The van der Waals surface area contributed by atoms with Crippen molar-refractivity contribution in [3.63, 3.8) is 0 Å². The second kappa shape index (κ2) is 10.6.